The van der Waals surface area contributed by atoms with Crippen molar-refractivity contribution in [1.82, 2.24) is 0 Å². The van der Waals surface area contributed by atoms with Crippen LogP contribution in [0.15, 0.2) is 24.3 Å². The van der Waals surface area contributed by atoms with Crippen LogP contribution in [-0.2, 0) is 19.1 Å². The Balaban J connectivity index is 0.000000370. The van der Waals surface area contributed by atoms with Gasteiger partial charge in [-0.05, 0) is 19.1 Å². The van der Waals surface area contributed by atoms with Crippen molar-refractivity contribution in [3.05, 3.63) is 29.8 Å². The molecule has 110 valence electrons. The number of benzene rings is 1. The molecular weight excluding hydrogens is 268 g/mol. The number of methoxy groups -OCH3 is 1. The molecule has 1 rings (SSSR count). The van der Waals surface area contributed by atoms with Gasteiger partial charge in [-0.2, -0.15) is 0 Å². The van der Waals surface area contributed by atoms with Crippen molar-refractivity contribution in [2.75, 3.05) is 13.7 Å². The summed E-state index contributed by atoms with van der Waals surface area (Å²) in [5.41, 5.74) is 0.190. The molecule has 7 heteroatoms. The Morgan fingerprint density at radius 2 is 1.80 bits per heavy atom. The van der Waals surface area contributed by atoms with Gasteiger partial charge in [-0.15, -0.1) is 0 Å². The molecule has 7 nitrogen and oxygen atoms in total. The molecule has 0 aliphatic carbocycles. The molecule has 0 aromatic heterocycles. The molecule has 0 saturated heterocycles. The summed E-state index contributed by atoms with van der Waals surface area (Å²) < 4.78 is 8.75. The average molecular weight is 284 g/mol. The first-order chi connectivity index (χ1) is 9.42. The minimum absolute atomic E-state index is 0.0562. The van der Waals surface area contributed by atoms with E-state index in [-0.39, 0.29) is 17.9 Å². The number of rotatable bonds is 4. The zero-order valence-electron chi connectivity index (χ0n) is 11.2. The predicted octanol–water partition coefficient (Wildman–Crippen LogP) is 1.20. The summed E-state index contributed by atoms with van der Waals surface area (Å²) in [6.45, 7) is 1.85. The van der Waals surface area contributed by atoms with Crippen LogP contribution in [0.5, 0.6) is 5.75 Å². The maximum absolute atomic E-state index is 10.9. The van der Waals surface area contributed by atoms with Gasteiger partial charge in [-0.25, -0.2) is 4.79 Å². The normalized spacial score (nSPS) is 8.90. The van der Waals surface area contributed by atoms with Crippen LogP contribution < -0.4 is 0 Å². The molecule has 0 atom stereocenters. The van der Waals surface area contributed by atoms with Gasteiger partial charge in [0.05, 0.1) is 13.7 Å². The van der Waals surface area contributed by atoms with Crippen LogP contribution in [-0.4, -0.2) is 41.8 Å². The second-order valence-electron chi connectivity index (χ2n) is 3.38. The molecule has 0 heterocycles. The topological polar surface area (TPSA) is 110 Å². The summed E-state index contributed by atoms with van der Waals surface area (Å²) in [6, 6.07) is 6.24. The van der Waals surface area contributed by atoms with Crippen molar-refractivity contribution in [3.8, 4) is 5.75 Å². The number of ether oxygens (including phenoxy) is 2. The van der Waals surface area contributed by atoms with Crippen LogP contribution in [0.2, 0.25) is 0 Å². The first-order valence-corrected chi connectivity index (χ1v) is 5.66. The maximum Gasteiger partial charge on any atom is 0.341 e. The lowest BCUT2D eigenvalue weighted by Crippen LogP contribution is -2.09. The molecule has 0 aliphatic heterocycles. The summed E-state index contributed by atoms with van der Waals surface area (Å²) in [7, 11) is 1.27. The van der Waals surface area contributed by atoms with Gasteiger partial charge < -0.3 is 19.7 Å². The van der Waals surface area contributed by atoms with Crippen LogP contribution in [0.3, 0.4) is 0 Å². The van der Waals surface area contributed by atoms with E-state index in [4.69, 9.17) is 10.2 Å². The molecule has 2 N–H and O–H groups in total. The third kappa shape index (κ3) is 7.00. The lowest BCUT2D eigenvalue weighted by molar-refractivity contribution is -0.150. The zero-order valence-corrected chi connectivity index (χ0v) is 11.2. The lowest BCUT2D eigenvalue weighted by Gasteiger charge is -1.99. The van der Waals surface area contributed by atoms with Gasteiger partial charge in [0.15, 0.2) is 0 Å². The Kier molecular flexibility index (Phi) is 8.17. The van der Waals surface area contributed by atoms with Crippen molar-refractivity contribution in [1.29, 1.82) is 0 Å². The Labute approximate surface area is 115 Å². The first-order valence-electron chi connectivity index (χ1n) is 5.66. The third-order valence-corrected chi connectivity index (χ3v) is 1.91. The molecule has 1 aromatic carbocycles. The zero-order chi connectivity index (χ0) is 15.5. The second kappa shape index (κ2) is 9.37. The number of aliphatic carboxylic acids is 1. The minimum atomic E-state index is -1.16. The molecule has 20 heavy (non-hydrogen) atoms. The highest BCUT2D eigenvalue weighted by Gasteiger charge is 2.08. The number of phenolic OH excluding ortho intramolecular Hbond substituents is 1. The highest BCUT2D eigenvalue weighted by atomic mass is 16.5. The van der Waals surface area contributed by atoms with Gasteiger partial charge in [-0.1, -0.05) is 12.1 Å². The molecule has 0 aliphatic rings. The van der Waals surface area contributed by atoms with Gasteiger partial charge in [0.25, 0.3) is 0 Å². The first kappa shape index (κ1) is 17.4. The van der Waals surface area contributed by atoms with Crippen LogP contribution in [0.1, 0.15) is 23.7 Å². The summed E-state index contributed by atoms with van der Waals surface area (Å²) in [5.74, 6) is -2.43. The Morgan fingerprint density at radius 1 is 1.20 bits per heavy atom. The summed E-state index contributed by atoms with van der Waals surface area (Å²) in [5, 5.41) is 17.1. The summed E-state index contributed by atoms with van der Waals surface area (Å²) in [4.78, 5) is 30.9. The molecule has 0 amide bonds. The van der Waals surface area contributed by atoms with Crippen molar-refractivity contribution in [3.63, 3.8) is 0 Å². The monoisotopic (exact) mass is 284 g/mol. The van der Waals surface area contributed by atoms with Crippen LogP contribution in [0.25, 0.3) is 0 Å². The van der Waals surface area contributed by atoms with Crippen molar-refractivity contribution >= 4 is 17.9 Å². The number of phenols is 1. The van der Waals surface area contributed by atoms with E-state index in [0.29, 0.717) is 0 Å². The lowest BCUT2D eigenvalue weighted by atomic mass is 10.2. The Hall–Kier alpha value is -2.57. The highest BCUT2D eigenvalue weighted by molar-refractivity contribution is 5.92. The van der Waals surface area contributed by atoms with Gasteiger partial charge in [0.2, 0.25) is 0 Å². The molecular formula is C13H16O7. The predicted molar refractivity (Wildman–Crippen MR) is 68.3 cm³/mol. The summed E-state index contributed by atoms with van der Waals surface area (Å²) >= 11 is 0. The van der Waals surface area contributed by atoms with Gasteiger partial charge in [0.1, 0.15) is 17.7 Å². The molecule has 0 radical (unpaired) electrons. The number of hydrogen-bond donors (Lipinski definition) is 2. The number of esters is 2. The van der Waals surface area contributed by atoms with Crippen molar-refractivity contribution < 1.29 is 34.1 Å². The molecule has 0 saturated carbocycles. The smallest absolute Gasteiger partial charge is 0.341 e. The fraction of sp³-hybridized carbons (Fsp3) is 0.308. The largest absolute Gasteiger partial charge is 0.507 e. The van der Waals surface area contributed by atoms with Crippen LogP contribution in [0.4, 0.5) is 0 Å². The molecule has 1 aromatic rings. The number of carbonyl (C=O) groups is 3. The highest BCUT2D eigenvalue weighted by Crippen LogP contribution is 2.15. The minimum Gasteiger partial charge on any atom is -0.507 e. The van der Waals surface area contributed by atoms with Gasteiger partial charge in [-0.3, -0.25) is 9.59 Å². The van der Waals surface area contributed by atoms with E-state index in [1.807, 2.05) is 0 Å². The number of aromatic hydroxyl groups is 1. The van der Waals surface area contributed by atoms with E-state index in [9.17, 15) is 14.4 Å². The number of para-hydroxylation sites is 1. The number of carboxylic acids is 1. The maximum atomic E-state index is 10.9. The average Bonchev–Trinajstić information content (AvgIpc) is 2.38. The molecule has 0 bridgehead atoms. The van der Waals surface area contributed by atoms with Crippen LogP contribution in [0, 0.1) is 0 Å². The van der Waals surface area contributed by atoms with E-state index in [1.54, 1.807) is 19.1 Å². The van der Waals surface area contributed by atoms with Crippen molar-refractivity contribution in [2.45, 2.75) is 13.3 Å². The SMILES string of the molecule is CCOC(=O)CC(=O)O.COC(=O)c1ccccc1O. The number of carboxylic acid groups (broad SMARTS) is 1. The quantitative estimate of drug-likeness (QED) is 0.631. The Morgan fingerprint density at radius 3 is 2.25 bits per heavy atom. The third-order valence-electron chi connectivity index (χ3n) is 1.91. The summed E-state index contributed by atoms with van der Waals surface area (Å²) in [6.07, 6.45) is -0.548. The van der Waals surface area contributed by atoms with Gasteiger partial charge >= 0.3 is 17.9 Å². The number of hydrogen-bond acceptors (Lipinski definition) is 6. The standard InChI is InChI=1S/C8H8O3.C5H8O4/c1-11-8(10)6-4-2-3-5-7(6)9;1-2-9-5(8)3-4(6)7/h2-5,9H,1H3;2-3H2,1H3,(H,6,7). The Bertz CT molecular complexity index is 468. The fourth-order valence-corrected chi connectivity index (χ4v) is 1.09. The molecule has 0 unspecified atom stereocenters. The van der Waals surface area contributed by atoms with E-state index < -0.39 is 24.3 Å². The second-order valence-corrected chi connectivity index (χ2v) is 3.38. The molecule has 0 fully saturated rings. The van der Waals surface area contributed by atoms with Crippen LogP contribution >= 0.6 is 0 Å². The van der Waals surface area contributed by atoms with Crippen molar-refractivity contribution in [2.24, 2.45) is 0 Å². The van der Waals surface area contributed by atoms with E-state index in [0.717, 1.165) is 0 Å². The molecule has 0 spiro atoms. The van der Waals surface area contributed by atoms with E-state index >= 15 is 0 Å². The van der Waals surface area contributed by atoms with Gasteiger partial charge in [0, 0.05) is 0 Å². The fourth-order valence-electron chi connectivity index (χ4n) is 1.09. The van der Waals surface area contributed by atoms with E-state index in [2.05, 4.69) is 9.47 Å². The number of carbonyl (C=O) groups excluding carboxylic acids is 2. The van der Waals surface area contributed by atoms with E-state index in [1.165, 1.54) is 19.2 Å².